The highest BCUT2D eigenvalue weighted by molar-refractivity contribution is 6.30. The molecule has 2 aromatic rings. The van der Waals surface area contributed by atoms with E-state index in [1.807, 2.05) is 43.3 Å². The Labute approximate surface area is 130 Å². The normalized spacial score (nSPS) is 11.1. The second kappa shape index (κ2) is 6.92. The number of pyridine rings is 1. The third-order valence-corrected chi connectivity index (χ3v) is 3.66. The van der Waals surface area contributed by atoms with E-state index < -0.39 is 0 Å². The van der Waals surface area contributed by atoms with Gasteiger partial charge in [0.05, 0.1) is 5.69 Å². The lowest BCUT2D eigenvalue weighted by Crippen LogP contribution is -2.30. The molecule has 1 heterocycles. The molecule has 1 N–H and O–H groups in total. The van der Waals surface area contributed by atoms with Crippen molar-refractivity contribution < 1.29 is 0 Å². The number of nitrogens with one attached hydrogen (secondary N) is 1. The zero-order valence-corrected chi connectivity index (χ0v) is 13.4. The van der Waals surface area contributed by atoms with Gasteiger partial charge in [0.1, 0.15) is 0 Å². The van der Waals surface area contributed by atoms with E-state index in [1.165, 1.54) is 0 Å². The van der Waals surface area contributed by atoms with E-state index >= 15 is 0 Å². The highest BCUT2D eigenvalue weighted by Gasteiger charge is 2.09. The minimum absolute atomic E-state index is 0.0677. The zero-order chi connectivity index (χ0) is 15.4. The molecule has 0 aliphatic rings. The molecule has 112 valence electrons. The van der Waals surface area contributed by atoms with Crippen LogP contribution >= 0.6 is 11.6 Å². The van der Waals surface area contributed by atoms with Crippen LogP contribution in [-0.4, -0.2) is 10.6 Å². The number of hydrogen-bond acceptors (Lipinski definition) is 2. The number of aromatic nitrogens is 1. The van der Waals surface area contributed by atoms with E-state index in [2.05, 4.69) is 19.2 Å². The monoisotopic (exact) mass is 304 g/mol. The van der Waals surface area contributed by atoms with Crippen molar-refractivity contribution in [1.29, 1.82) is 0 Å². The van der Waals surface area contributed by atoms with Crippen LogP contribution in [0.2, 0.25) is 5.02 Å². The van der Waals surface area contributed by atoms with E-state index in [-0.39, 0.29) is 5.56 Å². The minimum Gasteiger partial charge on any atom is -0.310 e. The SMILES string of the molecule is CCn1c(-c2ccc(Cl)cc2)ccc(CNC(C)C)c1=O. The Morgan fingerprint density at radius 3 is 2.38 bits per heavy atom. The maximum atomic E-state index is 12.6. The molecule has 0 bridgehead atoms. The van der Waals surface area contributed by atoms with Crippen LogP contribution in [0.3, 0.4) is 0 Å². The predicted molar refractivity (Wildman–Crippen MR) is 88.8 cm³/mol. The van der Waals surface area contributed by atoms with Crippen LogP contribution in [0, 0.1) is 0 Å². The molecule has 0 aliphatic heterocycles. The number of hydrogen-bond donors (Lipinski definition) is 1. The van der Waals surface area contributed by atoms with Crippen LogP contribution in [0.1, 0.15) is 26.3 Å². The Kier molecular flexibility index (Phi) is 5.21. The smallest absolute Gasteiger partial charge is 0.255 e. The summed E-state index contributed by atoms with van der Waals surface area (Å²) in [4.78, 5) is 12.6. The van der Waals surface area contributed by atoms with E-state index in [4.69, 9.17) is 11.6 Å². The van der Waals surface area contributed by atoms with Gasteiger partial charge in [0.15, 0.2) is 0 Å². The fourth-order valence-electron chi connectivity index (χ4n) is 2.26. The topological polar surface area (TPSA) is 34.0 Å². The lowest BCUT2D eigenvalue weighted by molar-refractivity contribution is 0.580. The number of benzene rings is 1. The summed E-state index contributed by atoms with van der Waals surface area (Å²) in [5, 5.41) is 3.99. The van der Waals surface area contributed by atoms with Crippen LogP contribution in [-0.2, 0) is 13.1 Å². The largest absolute Gasteiger partial charge is 0.310 e. The van der Waals surface area contributed by atoms with Gasteiger partial charge < -0.3 is 9.88 Å². The molecule has 1 aromatic carbocycles. The van der Waals surface area contributed by atoms with E-state index in [9.17, 15) is 4.79 Å². The van der Waals surface area contributed by atoms with Crippen molar-refractivity contribution >= 4 is 11.6 Å². The fraction of sp³-hybridized carbons (Fsp3) is 0.353. The molecule has 2 rings (SSSR count). The van der Waals surface area contributed by atoms with Crippen molar-refractivity contribution in [3.05, 3.63) is 57.3 Å². The summed E-state index contributed by atoms with van der Waals surface area (Å²) in [6.07, 6.45) is 0. The molecule has 0 radical (unpaired) electrons. The maximum absolute atomic E-state index is 12.6. The van der Waals surface area contributed by atoms with Gasteiger partial charge in [-0.1, -0.05) is 43.6 Å². The number of halogens is 1. The van der Waals surface area contributed by atoms with Crippen molar-refractivity contribution in [3.63, 3.8) is 0 Å². The number of nitrogens with zero attached hydrogens (tertiary/aromatic N) is 1. The van der Waals surface area contributed by atoms with Crippen LogP contribution in [0.15, 0.2) is 41.2 Å². The summed E-state index contributed by atoms with van der Waals surface area (Å²) < 4.78 is 1.81. The first-order valence-corrected chi connectivity index (χ1v) is 7.62. The highest BCUT2D eigenvalue weighted by atomic mass is 35.5. The van der Waals surface area contributed by atoms with Crippen LogP contribution in [0.4, 0.5) is 0 Å². The summed E-state index contributed by atoms with van der Waals surface area (Å²) in [6, 6.07) is 11.8. The molecule has 0 fully saturated rings. The van der Waals surface area contributed by atoms with Crippen molar-refractivity contribution in [2.24, 2.45) is 0 Å². The second-order valence-electron chi connectivity index (χ2n) is 5.34. The van der Waals surface area contributed by atoms with Gasteiger partial charge in [-0.2, -0.15) is 0 Å². The van der Waals surface area contributed by atoms with Crippen molar-refractivity contribution in [2.45, 2.75) is 39.9 Å². The van der Waals surface area contributed by atoms with Gasteiger partial charge in [-0.15, -0.1) is 0 Å². The first-order chi connectivity index (χ1) is 10.0. The second-order valence-corrected chi connectivity index (χ2v) is 5.77. The fourth-order valence-corrected chi connectivity index (χ4v) is 2.38. The molecule has 4 heteroatoms. The lowest BCUT2D eigenvalue weighted by Gasteiger charge is -2.14. The van der Waals surface area contributed by atoms with E-state index in [1.54, 1.807) is 4.57 Å². The molecule has 0 spiro atoms. The summed E-state index contributed by atoms with van der Waals surface area (Å²) in [7, 11) is 0. The zero-order valence-electron chi connectivity index (χ0n) is 12.7. The summed E-state index contributed by atoms with van der Waals surface area (Å²) in [5.74, 6) is 0. The Morgan fingerprint density at radius 2 is 1.81 bits per heavy atom. The molecular formula is C17H21ClN2O. The van der Waals surface area contributed by atoms with Crippen molar-refractivity contribution in [2.75, 3.05) is 0 Å². The molecule has 21 heavy (non-hydrogen) atoms. The lowest BCUT2D eigenvalue weighted by atomic mass is 10.1. The molecule has 0 unspecified atom stereocenters. The summed E-state index contributed by atoms with van der Waals surface area (Å²) in [6.45, 7) is 7.37. The van der Waals surface area contributed by atoms with Gasteiger partial charge in [0.2, 0.25) is 0 Å². The molecule has 0 atom stereocenters. The molecule has 3 nitrogen and oxygen atoms in total. The minimum atomic E-state index is 0.0677. The standard InChI is InChI=1S/C17H21ClN2O/c1-4-20-16(13-5-8-15(18)9-6-13)10-7-14(17(20)21)11-19-12(2)3/h5-10,12,19H,4,11H2,1-3H3. The Bertz CT molecular complexity index is 659. The Morgan fingerprint density at radius 1 is 1.14 bits per heavy atom. The van der Waals surface area contributed by atoms with Crippen LogP contribution < -0.4 is 10.9 Å². The molecular weight excluding hydrogens is 284 g/mol. The van der Waals surface area contributed by atoms with Crippen molar-refractivity contribution in [3.8, 4) is 11.3 Å². The van der Waals surface area contributed by atoms with E-state index in [0.29, 0.717) is 24.2 Å². The molecule has 0 aliphatic carbocycles. The van der Waals surface area contributed by atoms with Crippen LogP contribution in [0.25, 0.3) is 11.3 Å². The van der Waals surface area contributed by atoms with Gasteiger partial charge >= 0.3 is 0 Å². The van der Waals surface area contributed by atoms with Gasteiger partial charge in [-0.3, -0.25) is 4.79 Å². The van der Waals surface area contributed by atoms with Gasteiger partial charge in [-0.05, 0) is 30.7 Å². The molecule has 1 aromatic heterocycles. The first kappa shape index (κ1) is 15.8. The average molecular weight is 305 g/mol. The van der Waals surface area contributed by atoms with Gasteiger partial charge in [0.25, 0.3) is 5.56 Å². The summed E-state index contributed by atoms with van der Waals surface area (Å²) in [5.41, 5.74) is 2.79. The van der Waals surface area contributed by atoms with Crippen molar-refractivity contribution in [1.82, 2.24) is 9.88 Å². The summed E-state index contributed by atoms with van der Waals surface area (Å²) >= 11 is 5.92. The van der Waals surface area contributed by atoms with Gasteiger partial charge in [0, 0.05) is 29.7 Å². The predicted octanol–water partition coefficient (Wildman–Crippen LogP) is 3.69. The Hall–Kier alpha value is -1.58. The van der Waals surface area contributed by atoms with Crippen LogP contribution in [0.5, 0.6) is 0 Å². The average Bonchev–Trinajstić information content (AvgIpc) is 2.46. The molecule has 0 saturated heterocycles. The van der Waals surface area contributed by atoms with E-state index in [0.717, 1.165) is 16.8 Å². The van der Waals surface area contributed by atoms with Gasteiger partial charge in [-0.25, -0.2) is 0 Å². The third kappa shape index (κ3) is 3.74. The first-order valence-electron chi connectivity index (χ1n) is 7.25. The highest BCUT2D eigenvalue weighted by Crippen LogP contribution is 2.20. The molecule has 0 saturated carbocycles. The third-order valence-electron chi connectivity index (χ3n) is 3.41. The maximum Gasteiger partial charge on any atom is 0.255 e. The Balaban J connectivity index is 2.42. The number of rotatable bonds is 5. The molecule has 0 amide bonds. The quantitative estimate of drug-likeness (QED) is 0.914.